The van der Waals surface area contributed by atoms with E-state index >= 15 is 0 Å². The molecular weight excluding hydrogens is 484 g/mol. The fourth-order valence-electron chi connectivity index (χ4n) is 5.98. The number of furan rings is 1. The van der Waals surface area contributed by atoms with E-state index in [1.807, 2.05) is 55.5 Å². The monoisotopic (exact) mass is 502 g/mol. The van der Waals surface area contributed by atoms with Crippen LogP contribution in [0.15, 0.2) is 115 Å². The van der Waals surface area contributed by atoms with E-state index < -0.39 is 0 Å². The minimum atomic E-state index is 0.849. The second-order valence-corrected chi connectivity index (χ2v) is 9.68. The zero-order chi connectivity index (χ0) is 25.5. The summed E-state index contributed by atoms with van der Waals surface area (Å²) in [5.74, 6) is 0. The lowest BCUT2D eigenvalue weighted by Crippen LogP contribution is -1.94. The zero-order valence-corrected chi connectivity index (χ0v) is 20.5. The fourth-order valence-corrected chi connectivity index (χ4v) is 5.98. The Kier molecular flexibility index (Phi) is 3.93. The van der Waals surface area contributed by atoms with Gasteiger partial charge in [0.1, 0.15) is 11.2 Å². The van der Waals surface area contributed by atoms with Gasteiger partial charge in [0.2, 0.25) is 0 Å². The number of hydrogen-bond acceptors (Lipinski definition) is 5. The molecule has 0 aliphatic rings. The number of hydrogen-bond donors (Lipinski definition) is 0. The predicted molar refractivity (Wildman–Crippen MR) is 154 cm³/mol. The van der Waals surface area contributed by atoms with Crippen molar-refractivity contribution in [1.82, 2.24) is 29.1 Å². The summed E-state index contributed by atoms with van der Waals surface area (Å²) in [6.07, 6.45) is 13.0. The van der Waals surface area contributed by atoms with Crippen molar-refractivity contribution in [1.29, 1.82) is 0 Å². The van der Waals surface area contributed by atoms with Gasteiger partial charge in [-0.25, -0.2) is 0 Å². The topological polar surface area (TPSA) is 74.6 Å². The molecule has 9 rings (SSSR count). The molecule has 0 atom stereocenters. The van der Waals surface area contributed by atoms with Gasteiger partial charge in [0, 0.05) is 81.7 Å². The van der Waals surface area contributed by atoms with Gasteiger partial charge < -0.3 is 13.6 Å². The minimum absolute atomic E-state index is 0.849. The summed E-state index contributed by atoms with van der Waals surface area (Å²) in [4.78, 5) is 17.7. The standard InChI is InChI=1S/C32H18N6O/c1-2-29-32(36-10-1)25-18-35-13-9-28(25)38(29)20-4-6-31-22(15-20)21-14-19(3-5-30(21)39-31)37-26-7-11-33-16-23(26)24-17-34-12-8-27(24)37/h1-18H. The van der Waals surface area contributed by atoms with E-state index in [9.17, 15) is 0 Å². The fraction of sp³-hybridized carbons (Fsp3) is 0. The number of benzene rings is 2. The molecule has 0 amide bonds. The van der Waals surface area contributed by atoms with Gasteiger partial charge in [-0.2, -0.15) is 0 Å². The quantitative estimate of drug-likeness (QED) is 0.247. The Labute approximate surface area is 220 Å². The van der Waals surface area contributed by atoms with E-state index in [0.29, 0.717) is 0 Å². The van der Waals surface area contributed by atoms with Gasteiger partial charge in [-0.1, -0.05) is 0 Å². The lowest BCUT2D eigenvalue weighted by Gasteiger charge is -2.08. The van der Waals surface area contributed by atoms with Gasteiger partial charge in [-0.15, -0.1) is 0 Å². The number of nitrogens with zero attached hydrogens (tertiary/aromatic N) is 6. The lowest BCUT2D eigenvalue weighted by atomic mass is 10.1. The maximum atomic E-state index is 6.29. The van der Waals surface area contributed by atoms with E-state index in [2.05, 4.69) is 83.7 Å². The third kappa shape index (κ3) is 2.76. The normalized spacial score (nSPS) is 12.1. The predicted octanol–water partition coefficient (Wildman–Crippen LogP) is 7.36. The van der Waals surface area contributed by atoms with Crippen LogP contribution >= 0.6 is 0 Å². The van der Waals surface area contributed by atoms with Crippen LogP contribution in [-0.4, -0.2) is 29.1 Å². The van der Waals surface area contributed by atoms with E-state index in [1.165, 1.54) is 0 Å². The molecule has 0 N–H and O–H groups in total. The highest BCUT2D eigenvalue weighted by Crippen LogP contribution is 2.37. The number of pyridine rings is 4. The molecular formula is C32H18N6O. The molecule has 0 spiro atoms. The third-order valence-electron chi connectivity index (χ3n) is 7.64. The van der Waals surface area contributed by atoms with Gasteiger partial charge in [0.15, 0.2) is 0 Å². The van der Waals surface area contributed by atoms with E-state index in [-0.39, 0.29) is 0 Å². The lowest BCUT2D eigenvalue weighted by molar-refractivity contribution is 0.669. The molecule has 0 unspecified atom stereocenters. The van der Waals surface area contributed by atoms with Crippen LogP contribution in [0.25, 0.3) is 77.1 Å². The van der Waals surface area contributed by atoms with Gasteiger partial charge in [0.25, 0.3) is 0 Å². The summed E-state index contributed by atoms with van der Waals surface area (Å²) in [7, 11) is 0. The van der Waals surface area contributed by atoms with Crippen molar-refractivity contribution >= 4 is 65.7 Å². The maximum absolute atomic E-state index is 6.29. The van der Waals surface area contributed by atoms with E-state index in [1.54, 1.807) is 0 Å². The summed E-state index contributed by atoms with van der Waals surface area (Å²) >= 11 is 0. The van der Waals surface area contributed by atoms with Crippen LogP contribution < -0.4 is 0 Å². The number of fused-ring (bicyclic) bond motifs is 9. The molecule has 0 saturated heterocycles. The summed E-state index contributed by atoms with van der Waals surface area (Å²) in [5, 5.41) is 5.30. The first-order valence-electron chi connectivity index (χ1n) is 12.7. The van der Waals surface area contributed by atoms with Crippen LogP contribution in [0.3, 0.4) is 0 Å². The first-order valence-corrected chi connectivity index (χ1v) is 12.7. The molecule has 182 valence electrons. The van der Waals surface area contributed by atoms with Crippen molar-refractivity contribution in [3.8, 4) is 11.4 Å². The molecule has 2 aromatic carbocycles. The van der Waals surface area contributed by atoms with Crippen LogP contribution in [0.4, 0.5) is 0 Å². The van der Waals surface area contributed by atoms with Gasteiger partial charge in [-0.3, -0.25) is 19.9 Å². The Bertz CT molecular complexity index is 2140. The SMILES string of the molecule is c1cnc2c3cnccc3n(-c3ccc4oc5ccc(-n6c7ccncc7c7cnccc76)cc5c4c3)c2c1. The van der Waals surface area contributed by atoms with Crippen molar-refractivity contribution in [3.05, 3.63) is 110 Å². The zero-order valence-electron chi connectivity index (χ0n) is 20.5. The van der Waals surface area contributed by atoms with Gasteiger partial charge in [-0.05, 0) is 66.7 Å². The molecule has 0 bridgehead atoms. The van der Waals surface area contributed by atoms with Gasteiger partial charge >= 0.3 is 0 Å². The molecule has 9 aromatic rings. The van der Waals surface area contributed by atoms with Gasteiger partial charge in [0.05, 0.1) is 27.6 Å². The molecule has 39 heavy (non-hydrogen) atoms. The maximum Gasteiger partial charge on any atom is 0.135 e. The van der Waals surface area contributed by atoms with Crippen LogP contribution in [0.1, 0.15) is 0 Å². The van der Waals surface area contributed by atoms with E-state index in [0.717, 1.165) is 77.1 Å². The Morgan fingerprint density at radius 3 is 1.64 bits per heavy atom. The van der Waals surface area contributed by atoms with Crippen LogP contribution in [0.2, 0.25) is 0 Å². The number of rotatable bonds is 2. The first-order chi connectivity index (χ1) is 19.3. The van der Waals surface area contributed by atoms with Crippen LogP contribution in [-0.2, 0) is 0 Å². The minimum Gasteiger partial charge on any atom is -0.456 e. The molecule has 7 nitrogen and oxygen atoms in total. The number of aromatic nitrogens is 6. The Morgan fingerprint density at radius 1 is 0.487 bits per heavy atom. The van der Waals surface area contributed by atoms with E-state index in [4.69, 9.17) is 4.42 Å². The first kappa shape index (κ1) is 20.5. The summed E-state index contributed by atoms with van der Waals surface area (Å²) in [6, 6.07) is 23.0. The van der Waals surface area contributed by atoms with Crippen molar-refractivity contribution < 1.29 is 4.42 Å². The molecule has 0 aliphatic heterocycles. The summed E-state index contributed by atoms with van der Waals surface area (Å²) < 4.78 is 10.8. The molecule has 0 saturated carbocycles. The highest BCUT2D eigenvalue weighted by molar-refractivity contribution is 6.11. The molecule has 7 heterocycles. The summed E-state index contributed by atoms with van der Waals surface area (Å²) in [5.41, 5.74) is 9.03. The average molecular weight is 503 g/mol. The molecule has 7 aromatic heterocycles. The summed E-state index contributed by atoms with van der Waals surface area (Å²) in [6.45, 7) is 0. The van der Waals surface area contributed by atoms with Crippen molar-refractivity contribution in [2.24, 2.45) is 0 Å². The largest absolute Gasteiger partial charge is 0.456 e. The highest BCUT2D eigenvalue weighted by atomic mass is 16.3. The van der Waals surface area contributed by atoms with Crippen molar-refractivity contribution in [2.75, 3.05) is 0 Å². The smallest absolute Gasteiger partial charge is 0.135 e. The molecule has 0 fully saturated rings. The Hall–Kier alpha value is -5.56. The third-order valence-corrected chi connectivity index (χ3v) is 7.64. The van der Waals surface area contributed by atoms with Crippen molar-refractivity contribution in [3.63, 3.8) is 0 Å². The molecule has 7 heteroatoms. The molecule has 0 aliphatic carbocycles. The highest BCUT2D eigenvalue weighted by Gasteiger charge is 2.17. The van der Waals surface area contributed by atoms with Crippen LogP contribution in [0.5, 0.6) is 0 Å². The second kappa shape index (κ2) is 7.49. The second-order valence-electron chi connectivity index (χ2n) is 9.68. The average Bonchev–Trinajstić information content (AvgIpc) is 3.64. The Balaban J connectivity index is 1.32. The molecule has 0 radical (unpaired) electrons. The van der Waals surface area contributed by atoms with Crippen molar-refractivity contribution in [2.45, 2.75) is 0 Å². The Morgan fingerprint density at radius 2 is 1.03 bits per heavy atom. The van der Waals surface area contributed by atoms with Crippen LogP contribution in [0, 0.1) is 0 Å².